The first-order chi connectivity index (χ1) is 8.58. The van der Waals surface area contributed by atoms with Gasteiger partial charge in [0.25, 0.3) is 5.91 Å². The van der Waals surface area contributed by atoms with E-state index in [0.717, 1.165) is 5.69 Å². The van der Waals surface area contributed by atoms with Gasteiger partial charge in [-0.15, -0.1) is 0 Å². The molecule has 1 amide bonds. The lowest BCUT2D eigenvalue weighted by Gasteiger charge is -2.38. The minimum Gasteiger partial charge on any atom is -0.481 e. The predicted molar refractivity (Wildman–Crippen MR) is 71.9 cm³/mol. The number of carboxylic acid groups (broad SMARTS) is 1. The number of hydrogen-bond donors (Lipinski definition) is 2. The Hall–Kier alpha value is -1.91. The van der Waals surface area contributed by atoms with Crippen molar-refractivity contribution in [2.24, 2.45) is 5.41 Å². The molecule has 5 heteroatoms. The number of amides is 1. The predicted octanol–water partition coefficient (Wildman–Crippen LogP) is 2.01. The number of aryl methyl sites for hydroxylation is 1. The molecule has 0 aliphatic rings. The molecule has 104 valence electrons. The maximum atomic E-state index is 12.1. The smallest absolute Gasteiger partial charge is 0.311 e. The van der Waals surface area contributed by atoms with E-state index in [4.69, 9.17) is 0 Å². The molecule has 1 aromatic heterocycles. The van der Waals surface area contributed by atoms with Gasteiger partial charge < -0.3 is 10.4 Å². The van der Waals surface area contributed by atoms with Crippen molar-refractivity contribution in [2.45, 2.75) is 40.2 Å². The van der Waals surface area contributed by atoms with Crippen LogP contribution in [0.3, 0.4) is 0 Å². The molecule has 19 heavy (non-hydrogen) atoms. The van der Waals surface area contributed by atoms with Gasteiger partial charge >= 0.3 is 5.97 Å². The molecule has 0 bridgehead atoms. The van der Waals surface area contributed by atoms with Crippen LogP contribution in [0, 0.1) is 12.3 Å². The van der Waals surface area contributed by atoms with Crippen LogP contribution in [-0.4, -0.2) is 27.5 Å². The zero-order chi connectivity index (χ0) is 14.8. The maximum Gasteiger partial charge on any atom is 0.311 e. The van der Waals surface area contributed by atoms with E-state index in [0.29, 0.717) is 5.56 Å². The van der Waals surface area contributed by atoms with Crippen LogP contribution in [-0.2, 0) is 4.79 Å². The van der Waals surface area contributed by atoms with Gasteiger partial charge in [0.15, 0.2) is 0 Å². The van der Waals surface area contributed by atoms with Crippen LogP contribution in [0.25, 0.3) is 0 Å². The SMILES string of the molecule is Cc1cc(C(=O)NC(C)(C)C(C)(C)C(=O)O)ccn1. The van der Waals surface area contributed by atoms with Crippen LogP contribution in [0.5, 0.6) is 0 Å². The van der Waals surface area contributed by atoms with E-state index in [9.17, 15) is 14.7 Å². The Bertz CT molecular complexity index is 507. The number of carbonyl (C=O) groups excluding carboxylic acids is 1. The van der Waals surface area contributed by atoms with E-state index in [2.05, 4.69) is 10.3 Å². The monoisotopic (exact) mass is 264 g/mol. The van der Waals surface area contributed by atoms with Crippen LogP contribution >= 0.6 is 0 Å². The fraction of sp³-hybridized carbons (Fsp3) is 0.500. The molecule has 1 rings (SSSR count). The third-order valence-electron chi connectivity index (χ3n) is 3.68. The standard InChI is InChI=1S/C14H20N2O3/c1-9-8-10(6-7-15-9)11(17)16-14(4,5)13(2,3)12(18)19/h6-8H,1-5H3,(H,16,17)(H,18,19). The lowest BCUT2D eigenvalue weighted by atomic mass is 9.74. The Morgan fingerprint density at radius 3 is 2.32 bits per heavy atom. The Morgan fingerprint density at radius 2 is 1.84 bits per heavy atom. The molecule has 0 aromatic carbocycles. The second-order valence-electron chi connectivity index (χ2n) is 5.70. The summed E-state index contributed by atoms with van der Waals surface area (Å²) in [5, 5.41) is 12.0. The molecule has 0 aliphatic heterocycles. The summed E-state index contributed by atoms with van der Waals surface area (Å²) in [6, 6.07) is 3.27. The average molecular weight is 264 g/mol. The summed E-state index contributed by atoms with van der Waals surface area (Å²) in [7, 11) is 0. The second-order valence-corrected chi connectivity index (χ2v) is 5.70. The average Bonchev–Trinajstić information content (AvgIpc) is 2.27. The summed E-state index contributed by atoms with van der Waals surface area (Å²) >= 11 is 0. The lowest BCUT2D eigenvalue weighted by Crippen LogP contribution is -2.56. The van der Waals surface area contributed by atoms with E-state index >= 15 is 0 Å². The summed E-state index contributed by atoms with van der Waals surface area (Å²) in [5.74, 6) is -1.26. The van der Waals surface area contributed by atoms with Gasteiger partial charge in [0.2, 0.25) is 0 Å². The van der Waals surface area contributed by atoms with E-state index in [-0.39, 0.29) is 5.91 Å². The first-order valence-corrected chi connectivity index (χ1v) is 6.06. The van der Waals surface area contributed by atoms with Crippen LogP contribution in [0.15, 0.2) is 18.3 Å². The molecule has 0 aliphatic carbocycles. The van der Waals surface area contributed by atoms with Gasteiger partial charge in [0.05, 0.1) is 11.0 Å². The topological polar surface area (TPSA) is 79.3 Å². The van der Waals surface area contributed by atoms with E-state index in [1.165, 1.54) is 0 Å². The van der Waals surface area contributed by atoms with Crippen molar-refractivity contribution in [3.05, 3.63) is 29.6 Å². The first kappa shape index (κ1) is 15.1. The Morgan fingerprint density at radius 1 is 1.26 bits per heavy atom. The molecule has 5 nitrogen and oxygen atoms in total. The summed E-state index contributed by atoms with van der Waals surface area (Å²) in [6.07, 6.45) is 1.56. The first-order valence-electron chi connectivity index (χ1n) is 6.06. The Kier molecular flexibility index (Phi) is 3.98. The van der Waals surface area contributed by atoms with Crippen LogP contribution < -0.4 is 5.32 Å². The molecule has 2 N–H and O–H groups in total. The summed E-state index contributed by atoms with van der Waals surface area (Å²) in [6.45, 7) is 8.38. The lowest BCUT2D eigenvalue weighted by molar-refractivity contribution is -0.150. The summed E-state index contributed by atoms with van der Waals surface area (Å²) in [4.78, 5) is 27.5. The number of aliphatic carboxylic acids is 1. The number of pyridine rings is 1. The number of hydrogen-bond acceptors (Lipinski definition) is 3. The third kappa shape index (κ3) is 3.10. The van der Waals surface area contributed by atoms with Gasteiger partial charge in [-0.25, -0.2) is 0 Å². The van der Waals surface area contributed by atoms with Crippen molar-refractivity contribution in [3.8, 4) is 0 Å². The van der Waals surface area contributed by atoms with Crippen LogP contribution in [0.1, 0.15) is 43.7 Å². The van der Waals surface area contributed by atoms with Gasteiger partial charge in [-0.2, -0.15) is 0 Å². The summed E-state index contributed by atoms with van der Waals surface area (Å²) in [5.41, 5.74) is -0.748. The quantitative estimate of drug-likeness (QED) is 0.871. The normalized spacial score (nSPS) is 12.1. The third-order valence-corrected chi connectivity index (χ3v) is 3.68. The molecule has 1 aromatic rings. The van der Waals surface area contributed by atoms with Gasteiger partial charge in [-0.1, -0.05) is 0 Å². The number of carboxylic acids is 1. The fourth-order valence-electron chi connectivity index (χ4n) is 1.47. The fourth-order valence-corrected chi connectivity index (χ4v) is 1.47. The highest BCUT2D eigenvalue weighted by molar-refractivity contribution is 5.95. The maximum absolute atomic E-state index is 12.1. The summed E-state index contributed by atoms with van der Waals surface area (Å²) < 4.78 is 0. The molecule has 0 atom stereocenters. The zero-order valence-electron chi connectivity index (χ0n) is 11.9. The van der Waals surface area contributed by atoms with E-state index in [1.807, 2.05) is 0 Å². The molecule has 0 saturated carbocycles. The van der Waals surface area contributed by atoms with Crippen molar-refractivity contribution in [1.82, 2.24) is 10.3 Å². The largest absolute Gasteiger partial charge is 0.481 e. The molecule has 0 unspecified atom stereocenters. The van der Waals surface area contributed by atoms with Crippen molar-refractivity contribution >= 4 is 11.9 Å². The minimum atomic E-state index is -1.08. The molecule has 0 radical (unpaired) electrons. The number of aromatic nitrogens is 1. The van der Waals surface area contributed by atoms with Gasteiger partial charge in [-0.05, 0) is 46.8 Å². The Balaban J connectivity index is 2.96. The van der Waals surface area contributed by atoms with Gasteiger partial charge in [-0.3, -0.25) is 14.6 Å². The molecule has 0 spiro atoms. The van der Waals surface area contributed by atoms with Crippen molar-refractivity contribution in [2.75, 3.05) is 0 Å². The van der Waals surface area contributed by atoms with E-state index < -0.39 is 16.9 Å². The zero-order valence-corrected chi connectivity index (χ0v) is 11.9. The minimum absolute atomic E-state index is 0.301. The molecule has 0 saturated heterocycles. The number of nitrogens with zero attached hydrogens (tertiary/aromatic N) is 1. The Labute approximate surface area is 113 Å². The number of carbonyl (C=O) groups is 2. The highest BCUT2D eigenvalue weighted by Crippen LogP contribution is 2.30. The molecular weight excluding hydrogens is 244 g/mol. The molecule has 1 heterocycles. The number of nitrogens with one attached hydrogen (secondary N) is 1. The molecule has 0 fully saturated rings. The van der Waals surface area contributed by atoms with Crippen LogP contribution in [0.2, 0.25) is 0 Å². The number of rotatable bonds is 4. The van der Waals surface area contributed by atoms with Crippen molar-refractivity contribution in [1.29, 1.82) is 0 Å². The van der Waals surface area contributed by atoms with E-state index in [1.54, 1.807) is 52.9 Å². The van der Waals surface area contributed by atoms with Crippen molar-refractivity contribution < 1.29 is 14.7 Å². The van der Waals surface area contributed by atoms with Gasteiger partial charge in [0.1, 0.15) is 0 Å². The highest BCUT2D eigenvalue weighted by atomic mass is 16.4. The molecular formula is C14H20N2O3. The van der Waals surface area contributed by atoms with Gasteiger partial charge in [0, 0.05) is 17.5 Å². The van der Waals surface area contributed by atoms with Crippen LogP contribution in [0.4, 0.5) is 0 Å². The second kappa shape index (κ2) is 4.99. The van der Waals surface area contributed by atoms with Crippen molar-refractivity contribution in [3.63, 3.8) is 0 Å². The highest BCUT2D eigenvalue weighted by Gasteiger charge is 2.44.